The summed E-state index contributed by atoms with van der Waals surface area (Å²) in [5, 5.41) is 14.9. The predicted octanol–water partition coefficient (Wildman–Crippen LogP) is 4.84. The molecule has 0 aromatic heterocycles. The molecule has 2 aromatic carbocycles. The summed E-state index contributed by atoms with van der Waals surface area (Å²) < 4.78 is 49.8. The molecule has 0 spiro atoms. The molecule has 0 saturated heterocycles. The molecule has 2 aliphatic rings. The Morgan fingerprint density at radius 3 is 2.69 bits per heavy atom. The Morgan fingerprint density at radius 2 is 1.94 bits per heavy atom. The normalized spacial score (nSPS) is 18.8. The van der Waals surface area contributed by atoms with Crippen LogP contribution in [-0.4, -0.2) is 36.8 Å². The van der Waals surface area contributed by atoms with Crippen molar-refractivity contribution < 1.29 is 27.8 Å². The number of ether oxygens (including phenoxy) is 2. The third-order valence-corrected chi connectivity index (χ3v) is 5.57. The van der Waals surface area contributed by atoms with E-state index in [0.717, 1.165) is 29.9 Å². The van der Waals surface area contributed by atoms with Crippen molar-refractivity contribution in [2.24, 2.45) is 10.9 Å². The quantitative estimate of drug-likeness (QED) is 0.613. The molecule has 0 radical (unpaired) electrons. The lowest BCUT2D eigenvalue weighted by molar-refractivity contribution is -0.154. The number of benzene rings is 2. The van der Waals surface area contributed by atoms with Gasteiger partial charge in [-0.1, -0.05) is 41.9 Å². The van der Waals surface area contributed by atoms with Crippen molar-refractivity contribution in [2.75, 3.05) is 19.7 Å². The van der Waals surface area contributed by atoms with E-state index >= 15 is 0 Å². The van der Waals surface area contributed by atoms with Crippen LogP contribution >= 0.6 is 11.6 Å². The number of hydrogen-bond donors (Lipinski definition) is 2. The van der Waals surface area contributed by atoms with Gasteiger partial charge >= 0.3 is 6.18 Å². The fraction of sp³-hybridized carbons (Fsp3) is 0.348. The van der Waals surface area contributed by atoms with E-state index in [-0.39, 0.29) is 29.6 Å². The summed E-state index contributed by atoms with van der Waals surface area (Å²) in [6.45, 7) is -0.293. The second-order valence-electron chi connectivity index (χ2n) is 7.61. The molecule has 170 valence electrons. The first kappa shape index (κ1) is 22.5. The third kappa shape index (κ3) is 5.19. The van der Waals surface area contributed by atoms with Gasteiger partial charge in [0.25, 0.3) is 0 Å². The number of alkyl halides is 3. The van der Waals surface area contributed by atoms with Crippen LogP contribution in [0.3, 0.4) is 0 Å². The van der Waals surface area contributed by atoms with Crippen LogP contribution in [0.25, 0.3) is 0 Å². The number of hydrogen-bond acceptors (Lipinski definition) is 5. The molecule has 2 atom stereocenters. The molecule has 0 saturated carbocycles. The standard InChI is InChI=1S/C23H22ClF3N2O3/c24-15-8-6-14(7-9-15)12-31-19-5-1-3-17(21(19)32-13-23(25,26)27)20(30)18-11-29-22-16(18)4-2-10-28-22/h1,3-9,18,20,30H,2,10-13H2,(H,28,29). The molecular formula is C23H22ClF3N2O3. The second kappa shape index (κ2) is 9.42. The van der Waals surface area contributed by atoms with E-state index in [1.54, 1.807) is 36.4 Å². The van der Waals surface area contributed by atoms with Gasteiger partial charge in [-0.15, -0.1) is 0 Å². The Balaban J connectivity index is 1.61. The van der Waals surface area contributed by atoms with E-state index in [0.29, 0.717) is 11.6 Å². The molecule has 4 rings (SSSR count). The summed E-state index contributed by atoms with van der Waals surface area (Å²) in [6, 6.07) is 11.6. The fourth-order valence-corrected chi connectivity index (χ4v) is 3.92. The number of para-hydroxylation sites is 1. The van der Waals surface area contributed by atoms with Crippen molar-refractivity contribution in [1.29, 1.82) is 0 Å². The highest BCUT2D eigenvalue weighted by Gasteiger charge is 2.36. The number of fused-ring (bicyclic) bond motifs is 1. The predicted molar refractivity (Wildman–Crippen MR) is 115 cm³/mol. The maximum Gasteiger partial charge on any atom is 0.422 e. The maximum absolute atomic E-state index is 12.9. The molecule has 0 bridgehead atoms. The number of aliphatic hydroxyl groups excluding tert-OH is 1. The maximum atomic E-state index is 12.9. The number of aliphatic hydroxyl groups is 1. The van der Waals surface area contributed by atoms with E-state index in [9.17, 15) is 18.3 Å². The highest BCUT2D eigenvalue weighted by atomic mass is 35.5. The molecule has 0 fully saturated rings. The van der Waals surface area contributed by atoms with Crippen molar-refractivity contribution in [2.45, 2.75) is 25.3 Å². The summed E-state index contributed by atoms with van der Waals surface area (Å²) in [6.07, 6.45) is -2.85. The molecule has 0 aliphatic carbocycles. The van der Waals surface area contributed by atoms with Gasteiger partial charge in [0.15, 0.2) is 18.1 Å². The first-order valence-corrected chi connectivity index (χ1v) is 10.6. The van der Waals surface area contributed by atoms with Gasteiger partial charge in [0.05, 0.1) is 12.6 Å². The fourth-order valence-electron chi connectivity index (χ4n) is 3.80. The zero-order chi connectivity index (χ0) is 22.7. The average Bonchev–Trinajstić information content (AvgIpc) is 3.20. The minimum absolute atomic E-state index is 0.102. The summed E-state index contributed by atoms with van der Waals surface area (Å²) in [5.74, 6) is 0.352. The molecule has 2 unspecified atom stereocenters. The molecule has 5 nitrogen and oxygen atoms in total. The topological polar surface area (TPSA) is 63.1 Å². The van der Waals surface area contributed by atoms with E-state index in [4.69, 9.17) is 21.1 Å². The van der Waals surface area contributed by atoms with Gasteiger partial charge in [-0.3, -0.25) is 4.99 Å². The van der Waals surface area contributed by atoms with E-state index < -0.39 is 18.9 Å². The number of amidine groups is 1. The highest BCUT2D eigenvalue weighted by Crippen LogP contribution is 2.42. The summed E-state index contributed by atoms with van der Waals surface area (Å²) in [7, 11) is 0. The minimum atomic E-state index is -4.54. The zero-order valence-corrected chi connectivity index (χ0v) is 17.8. The SMILES string of the molecule is OC(c1cccc(OCc2ccc(Cl)cc2)c1OCC(F)(F)F)C1CN=C2NCCC=C21. The number of nitrogens with zero attached hydrogens (tertiary/aromatic N) is 1. The van der Waals surface area contributed by atoms with Gasteiger partial charge in [0.1, 0.15) is 12.4 Å². The van der Waals surface area contributed by atoms with E-state index in [1.807, 2.05) is 6.08 Å². The van der Waals surface area contributed by atoms with Crippen LogP contribution < -0.4 is 14.8 Å². The first-order valence-electron chi connectivity index (χ1n) is 10.2. The van der Waals surface area contributed by atoms with Gasteiger partial charge in [-0.25, -0.2) is 0 Å². The molecule has 2 N–H and O–H groups in total. The lowest BCUT2D eigenvalue weighted by Gasteiger charge is -2.25. The molecule has 0 amide bonds. The minimum Gasteiger partial charge on any atom is -0.485 e. The van der Waals surface area contributed by atoms with Crippen molar-refractivity contribution in [3.8, 4) is 11.5 Å². The van der Waals surface area contributed by atoms with Gasteiger partial charge < -0.3 is 19.9 Å². The number of aliphatic imine (C=N–C) groups is 1. The van der Waals surface area contributed by atoms with Crippen LogP contribution in [0.2, 0.25) is 5.02 Å². The Bertz CT molecular complexity index is 1020. The average molecular weight is 467 g/mol. The Morgan fingerprint density at radius 1 is 1.16 bits per heavy atom. The Kier molecular flexibility index (Phi) is 6.62. The summed E-state index contributed by atoms with van der Waals surface area (Å²) >= 11 is 5.89. The lowest BCUT2D eigenvalue weighted by atomic mass is 9.88. The number of rotatable bonds is 7. The molecule has 2 aromatic rings. The summed E-state index contributed by atoms with van der Waals surface area (Å²) in [4.78, 5) is 4.42. The van der Waals surface area contributed by atoms with Crippen LogP contribution in [0, 0.1) is 5.92 Å². The van der Waals surface area contributed by atoms with E-state index in [2.05, 4.69) is 10.3 Å². The lowest BCUT2D eigenvalue weighted by Crippen LogP contribution is -2.30. The van der Waals surface area contributed by atoms with Crippen LogP contribution in [0.15, 0.2) is 59.1 Å². The van der Waals surface area contributed by atoms with Crippen molar-refractivity contribution in [3.63, 3.8) is 0 Å². The van der Waals surface area contributed by atoms with Crippen molar-refractivity contribution in [3.05, 3.63) is 70.3 Å². The van der Waals surface area contributed by atoms with E-state index in [1.165, 1.54) is 6.07 Å². The highest BCUT2D eigenvalue weighted by molar-refractivity contribution is 6.30. The van der Waals surface area contributed by atoms with Crippen LogP contribution in [0.5, 0.6) is 11.5 Å². The summed E-state index contributed by atoms with van der Waals surface area (Å²) in [5.41, 5.74) is 1.89. The van der Waals surface area contributed by atoms with Crippen molar-refractivity contribution >= 4 is 17.4 Å². The molecular weight excluding hydrogens is 445 g/mol. The molecule has 2 aliphatic heterocycles. The zero-order valence-electron chi connectivity index (χ0n) is 17.0. The largest absolute Gasteiger partial charge is 0.485 e. The van der Waals surface area contributed by atoms with Crippen LogP contribution in [-0.2, 0) is 6.61 Å². The van der Waals surface area contributed by atoms with Crippen LogP contribution in [0.4, 0.5) is 13.2 Å². The number of nitrogens with one attached hydrogen (secondary N) is 1. The van der Waals surface area contributed by atoms with Gasteiger partial charge in [-0.05, 0) is 35.8 Å². The second-order valence-corrected chi connectivity index (χ2v) is 8.05. The monoisotopic (exact) mass is 466 g/mol. The first-order chi connectivity index (χ1) is 15.3. The van der Waals surface area contributed by atoms with Crippen molar-refractivity contribution in [1.82, 2.24) is 5.32 Å². The Labute approximate surface area is 188 Å². The molecule has 9 heteroatoms. The van der Waals surface area contributed by atoms with Gasteiger partial charge in [0.2, 0.25) is 0 Å². The molecule has 32 heavy (non-hydrogen) atoms. The van der Waals surface area contributed by atoms with Crippen LogP contribution in [0.1, 0.15) is 23.7 Å². The number of halogens is 4. The van der Waals surface area contributed by atoms with Gasteiger partial charge in [0, 0.05) is 23.0 Å². The molecule has 2 heterocycles. The Hall–Kier alpha value is -2.71. The van der Waals surface area contributed by atoms with Gasteiger partial charge in [-0.2, -0.15) is 13.2 Å². The third-order valence-electron chi connectivity index (χ3n) is 5.32. The smallest absolute Gasteiger partial charge is 0.422 e.